The maximum atomic E-state index is 14.3. The zero-order valence-electron chi connectivity index (χ0n) is 12.5. The molecule has 1 saturated carbocycles. The Bertz CT molecular complexity index is 938. The molecule has 0 bridgehead atoms. The maximum absolute atomic E-state index is 14.3. The van der Waals surface area contributed by atoms with E-state index in [2.05, 4.69) is 20.5 Å². The Labute approximate surface area is 131 Å². The van der Waals surface area contributed by atoms with Gasteiger partial charge in [0.05, 0.1) is 0 Å². The summed E-state index contributed by atoms with van der Waals surface area (Å²) in [5, 5.41) is 11.2. The first-order valence-corrected chi connectivity index (χ1v) is 7.59. The number of nitrogens with zero attached hydrogens (tertiary/aromatic N) is 4. The third-order valence-electron chi connectivity index (χ3n) is 4.57. The standard InChI is InChI=1S/C16H14FN5O/c1-8-5-18-16(22-7-20-21-15(8)22)19-6-10-11(17)2-3-12-14(10)9-4-13(9)23-12/h2-3,5,7,9,13H,4,6H2,1H3,(H,18,19)/t9-,13?/m0/s1. The summed E-state index contributed by atoms with van der Waals surface area (Å²) in [5.74, 6) is 1.55. The summed E-state index contributed by atoms with van der Waals surface area (Å²) in [6.45, 7) is 2.28. The number of nitrogens with one attached hydrogen (secondary N) is 1. The fraction of sp³-hybridized carbons (Fsp3) is 0.312. The molecule has 0 radical (unpaired) electrons. The van der Waals surface area contributed by atoms with Gasteiger partial charge in [-0.2, -0.15) is 0 Å². The lowest BCUT2D eigenvalue weighted by atomic mass is 10.0. The van der Waals surface area contributed by atoms with Crippen LogP contribution in [-0.2, 0) is 6.54 Å². The van der Waals surface area contributed by atoms with Crippen molar-refractivity contribution in [1.82, 2.24) is 19.6 Å². The molecule has 2 atom stereocenters. The van der Waals surface area contributed by atoms with Crippen LogP contribution < -0.4 is 10.1 Å². The Balaban J connectivity index is 1.50. The van der Waals surface area contributed by atoms with Crippen molar-refractivity contribution in [1.29, 1.82) is 0 Å². The second-order valence-electron chi connectivity index (χ2n) is 6.08. The van der Waals surface area contributed by atoms with Crippen LogP contribution in [0.5, 0.6) is 5.75 Å². The molecule has 116 valence electrons. The summed E-state index contributed by atoms with van der Waals surface area (Å²) in [6.07, 6.45) is 4.57. The van der Waals surface area contributed by atoms with Crippen molar-refractivity contribution in [2.24, 2.45) is 0 Å². The number of anilines is 1. The number of ether oxygens (including phenoxy) is 1. The first-order chi connectivity index (χ1) is 11.2. The number of aromatic nitrogens is 4. The maximum Gasteiger partial charge on any atom is 0.210 e. The molecule has 1 aromatic carbocycles. The Morgan fingerprint density at radius 2 is 2.35 bits per heavy atom. The highest BCUT2D eigenvalue weighted by molar-refractivity contribution is 5.53. The monoisotopic (exact) mass is 311 g/mol. The van der Waals surface area contributed by atoms with E-state index in [9.17, 15) is 4.39 Å². The predicted octanol–water partition coefficient (Wildman–Crippen LogP) is 2.43. The summed E-state index contributed by atoms with van der Waals surface area (Å²) >= 11 is 0. The topological polar surface area (TPSA) is 64.3 Å². The van der Waals surface area contributed by atoms with E-state index < -0.39 is 0 Å². The summed E-state index contributed by atoms with van der Waals surface area (Å²) in [5.41, 5.74) is 3.35. The molecule has 1 N–H and O–H groups in total. The summed E-state index contributed by atoms with van der Waals surface area (Å²) in [6, 6.07) is 3.19. The van der Waals surface area contributed by atoms with E-state index in [-0.39, 0.29) is 11.9 Å². The minimum atomic E-state index is -0.209. The van der Waals surface area contributed by atoms with E-state index in [1.165, 1.54) is 6.07 Å². The van der Waals surface area contributed by atoms with Crippen LogP contribution in [0, 0.1) is 12.7 Å². The second-order valence-corrected chi connectivity index (χ2v) is 6.08. The van der Waals surface area contributed by atoms with Gasteiger partial charge in [-0.25, -0.2) is 9.37 Å². The van der Waals surface area contributed by atoms with Gasteiger partial charge in [-0.15, -0.1) is 10.2 Å². The summed E-state index contributed by atoms with van der Waals surface area (Å²) < 4.78 is 21.8. The first-order valence-electron chi connectivity index (χ1n) is 7.59. The molecule has 0 amide bonds. The largest absolute Gasteiger partial charge is 0.489 e. The van der Waals surface area contributed by atoms with E-state index >= 15 is 0 Å². The summed E-state index contributed by atoms with van der Waals surface area (Å²) in [4.78, 5) is 4.36. The number of benzene rings is 1. The fourth-order valence-corrected chi connectivity index (χ4v) is 3.31. The van der Waals surface area contributed by atoms with Crippen molar-refractivity contribution in [3.8, 4) is 5.75 Å². The van der Waals surface area contributed by atoms with Gasteiger partial charge >= 0.3 is 0 Å². The number of hydrogen-bond acceptors (Lipinski definition) is 5. The molecule has 0 spiro atoms. The number of fused-ring (bicyclic) bond motifs is 4. The van der Waals surface area contributed by atoms with Gasteiger partial charge < -0.3 is 10.1 Å². The Kier molecular flexibility index (Phi) is 2.45. The van der Waals surface area contributed by atoms with Crippen LogP contribution in [-0.4, -0.2) is 25.7 Å². The zero-order chi connectivity index (χ0) is 15.6. The molecule has 3 aromatic rings. The lowest BCUT2D eigenvalue weighted by molar-refractivity contribution is 0.318. The van der Waals surface area contributed by atoms with E-state index in [4.69, 9.17) is 4.74 Å². The molecular formula is C16H14FN5O. The lowest BCUT2D eigenvalue weighted by Gasteiger charge is -2.13. The average Bonchev–Trinajstić information content (AvgIpc) is 2.97. The van der Waals surface area contributed by atoms with Gasteiger partial charge in [-0.1, -0.05) is 0 Å². The van der Waals surface area contributed by atoms with Gasteiger partial charge in [0.1, 0.15) is 24.0 Å². The molecular weight excluding hydrogens is 297 g/mol. The highest BCUT2D eigenvalue weighted by Gasteiger charge is 2.49. The molecule has 2 aromatic heterocycles. The second kappa shape index (κ2) is 4.41. The van der Waals surface area contributed by atoms with Crippen LogP contribution in [0.15, 0.2) is 24.7 Å². The molecule has 6 nitrogen and oxygen atoms in total. The number of aryl methyl sites for hydroxylation is 1. The van der Waals surface area contributed by atoms with Crippen molar-refractivity contribution in [2.45, 2.75) is 31.9 Å². The molecule has 2 aliphatic rings. The van der Waals surface area contributed by atoms with Crippen LogP contribution in [0.2, 0.25) is 0 Å². The lowest BCUT2D eigenvalue weighted by Crippen LogP contribution is -2.09. The minimum absolute atomic E-state index is 0.209. The SMILES string of the molecule is Cc1cnc(NCc2c(F)ccc3c2[C@H]2CC2O3)n2cnnc12. The average molecular weight is 311 g/mol. The van der Waals surface area contributed by atoms with Crippen molar-refractivity contribution < 1.29 is 9.13 Å². The molecule has 23 heavy (non-hydrogen) atoms. The van der Waals surface area contributed by atoms with Gasteiger partial charge in [-0.05, 0) is 25.5 Å². The van der Waals surface area contributed by atoms with Crippen LogP contribution in [0.25, 0.3) is 5.65 Å². The van der Waals surface area contributed by atoms with Gasteiger partial charge in [0.15, 0.2) is 5.65 Å². The Morgan fingerprint density at radius 3 is 3.26 bits per heavy atom. The van der Waals surface area contributed by atoms with Crippen molar-refractivity contribution >= 4 is 11.6 Å². The van der Waals surface area contributed by atoms with Gasteiger partial charge in [0.2, 0.25) is 5.95 Å². The minimum Gasteiger partial charge on any atom is -0.489 e. The van der Waals surface area contributed by atoms with Crippen LogP contribution in [0.4, 0.5) is 10.3 Å². The zero-order valence-corrected chi connectivity index (χ0v) is 12.5. The molecule has 1 aliphatic heterocycles. The molecule has 0 saturated heterocycles. The molecule has 7 heteroatoms. The van der Waals surface area contributed by atoms with Crippen molar-refractivity contribution in [2.75, 3.05) is 5.32 Å². The number of hydrogen-bond donors (Lipinski definition) is 1. The van der Waals surface area contributed by atoms with Crippen LogP contribution in [0.1, 0.15) is 29.0 Å². The van der Waals surface area contributed by atoms with E-state index in [0.29, 0.717) is 24.0 Å². The molecule has 1 aliphatic carbocycles. The van der Waals surface area contributed by atoms with E-state index in [0.717, 1.165) is 28.9 Å². The van der Waals surface area contributed by atoms with Gasteiger partial charge in [0.25, 0.3) is 0 Å². The number of halogens is 1. The predicted molar refractivity (Wildman–Crippen MR) is 81.0 cm³/mol. The first kappa shape index (κ1) is 12.8. The highest BCUT2D eigenvalue weighted by Crippen LogP contribution is 2.55. The number of rotatable bonds is 3. The molecule has 1 fully saturated rings. The van der Waals surface area contributed by atoms with Gasteiger partial charge in [-0.3, -0.25) is 4.40 Å². The molecule has 5 rings (SSSR count). The van der Waals surface area contributed by atoms with Gasteiger partial charge in [0, 0.05) is 35.3 Å². The Morgan fingerprint density at radius 1 is 1.43 bits per heavy atom. The fourth-order valence-electron chi connectivity index (χ4n) is 3.31. The smallest absolute Gasteiger partial charge is 0.210 e. The third kappa shape index (κ3) is 1.82. The van der Waals surface area contributed by atoms with Crippen molar-refractivity contribution in [3.63, 3.8) is 0 Å². The van der Waals surface area contributed by atoms with Crippen molar-refractivity contribution in [3.05, 3.63) is 47.2 Å². The molecule has 1 unspecified atom stereocenters. The van der Waals surface area contributed by atoms with E-state index in [1.807, 2.05) is 6.92 Å². The quantitative estimate of drug-likeness (QED) is 0.805. The van der Waals surface area contributed by atoms with Crippen LogP contribution in [0.3, 0.4) is 0 Å². The third-order valence-corrected chi connectivity index (χ3v) is 4.57. The highest BCUT2D eigenvalue weighted by atomic mass is 19.1. The van der Waals surface area contributed by atoms with Crippen LogP contribution >= 0.6 is 0 Å². The summed E-state index contributed by atoms with van der Waals surface area (Å²) in [7, 11) is 0. The molecule has 3 heterocycles. The normalized spacial score (nSPS) is 21.0. The Hall–Kier alpha value is -2.70. The van der Waals surface area contributed by atoms with E-state index in [1.54, 1.807) is 23.0 Å².